The Bertz CT molecular complexity index is 368. The van der Waals surface area contributed by atoms with E-state index in [1.165, 1.54) is 6.07 Å². The van der Waals surface area contributed by atoms with Crippen molar-refractivity contribution in [3.63, 3.8) is 0 Å². The summed E-state index contributed by atoms with van der Waals surface area (Å²) in [5.74, 6) is -0.0622. The van der Waals surface area contributed by atoms with Crippen LogP contribution in [-0.4, -0.2) is 36.6 Å². The molecule has 1 amide bonds. The third-order valence-electron chi connectivity index (χ3n) is 1.85. The highest BCUT2D eigenvalue weighted by Gasteiger charge is 2.07. The topological polar surface area (TPSA) is 90.8 Å². The second-order valence-corrected chi connectivity index (χ2v) is 2.97. The average Bonchev–Trinajstić information content (AvgIpc) is 2.29. The fourth-order valence-electron chi connectivity index (χ4n) is 1.08. The summed E-state index contributed by atoms with van der Waals surface area (Å²) in [5, 5.41) is 23.2. The van der Waals surface area contributed by atoms with Crippen LogP contribution in [0.15, 0.2) is 18.2 Å². The SMILES string of the molecule is CNc1ccc(NC(=O)OCCO)c(O)c1. The molecule has 0 bridgehead atoms. The number of phenols is 1. The Kier molecular flexibility index (Phi) is 4.41. The van der Waals surface area contributed by atoms with E-state index < -0.39 is 6.09 Å². The fourth-order valence-corrected chi connectivity index (χ4v) is 1.08. The lowest BCUT2D eigenvalue weighted by Crippen LogP contribution is -2.15. The van der Waals surface area contributed by atoms with Crippen LogP contribution in [0.4, 0.5) is 16.2 Å². The van der Waals surface area contributed by atoms with E-state index in [2.05, 4.69) is 15.4 Å². The number of carbonyl (C=O) groups excluding carboxylic acids is 1. The van der Waals surface area contributed by atoms with Gasteiger partial charge in [0.2, 0.25) is 0 Å². The number of amides is 1. The molecule has 6 nitrogen and oxygen atoms in total. The largest absolute Gasteiger partial charge is 0.506 e. The van der Waals surface area contributed by atoms with Gasteiger partial charge in [-0.2, -0.15) is 0 Å². The summed E-state index contributed by atoms with van der Waals surface area (Å²) in [5.41, 5.74) is 0.980. The highest BCUT2D eigenvalue weighted by Crippen LogP contribution is 2.26. The van der Waals surface area contributed by atoms with E-state index in [0.717, 1.165) is 5.69 Å². The number of anilines is 2. The van der Waals surface area contributed by atoms with E-state index in [1.54, 1.807) is 19.2 Å². The maximum Gasteiger partial charge on any atom is 0.411 e. The quantitative estimate of drug-likeness (QED) is 0.574. The number of phenolic OH excluding ortho intramolecular Hbond substituents is 1. The molecule has 0 fully saturated rings. The van der Waals surface area contributed by atoms with Crippen LogP contribution in [-0.2, 0) is 4.74 Å². The lowest BCUT2D eigenvalue weighted by molar-refractivity contribution is 0.131. The van der Waals surface area contributed by atoms with Crippen LogP contribution < -0.4 is 10.6 Å². The van der Waals surface area contributed by atoms with Crippen LogP contribution >= 0.6 is 0 Å². The Labute approximate surface area is 92.9 Å². The lowest BCUT2D eigenvalue weighted by Gasteiger charge is -2.08. The first kappa shape index (κ1) is 12.1. The maximum absolute atomic E-state index is 11.1. The molecule has 0 aliphatic rings. The van der Waals surface area contributed by atoms with Crippen molar-refractivity contribution >= 4 is 17.5 Å². The third-order valence-corrected chi connectivity index (χ3v) is 1.85. The lowest BCUT2D eigenvalue weighted by atomic mass is 10.2. The van der Waals surface area contributed by atoms with Gasteiger partial charge in [-0.15, -0.1) is 0 Å². The molecule has 0 unspecified atom stereocenters. The molecule has 0 saturated carbocycles. The Hall–Kier alpha value is -1.95. The maximum atomic E-state index is 11.1. The number of rotatable bonds is 4. The van der Waals surface area contributed by atoms with Gasteiger partial charge in [0.1, 0.15) is 12.4 Å². The van der Waals surface area contributed by atoms with E-state index in [0.29, 0.717) is 0 Å². The fraction of sp³-hybridized carbons (Fsp3) is 0.300. The molecule has 0 aliphatic heterocycles. The monoisotopic (exact) mass is 226 g/mol. The zero-order chi connectivity index (χ0) is 12.0. The van der Waals surface area contributed by atoms with Gasteiger partial charge in [0.25, 0.3) is 0 Å². The van der Waals surface area contributed by atoms with Gasteiger partial charge in [0.15, 0.2) is 0 Å². The minimum atomic E-state index is -0.721. The average molecular weight is 226 g/mol. The van der Waals surface area contributed by atoms with Gasteiger partial charge in [0, 0.05) is 18.8 Å². The predicted molar refractivity (Wildman–Crippen MR) is 59.7 cm³/mol. The number of carbonyl (C=O) groups is 1. The molecule has 0 radical (unpaired) electrons. The molecule has 88 valence electrons. The van der Waals surface area contributed by atoms with Gasteiger partial charge in [-0.3, -0.25) is 5.32 Å². The number of nitrogens with one attached hydrogen (secondary N) is 2. The highest BCUT2D eigenvalue weighted by atomic mass is 16.6. The van der Waals surface area contributed by atoms with Gasteiger partial charge in [-0.1, -0.05) is 0 Å². The van der Waals surface area contributed by atoms with Gasteiger partial charge >= 0.3 is 6.09 Å². The molecular formula is C10H14N2O4. The van der Waals surface area contributed by atoms with E-state index in [9.17, 15) is 9.90 Å². The summed E-state index contributed by atoms with van der Waals surface area (Å²) < 4.78 is 4.58. The van der Waals surface area contributed by atoms with Crippen molar-refractivity contribution in [2.75, 3.05) is 30.9 Å². The van der Waals surface area contributed by atoms with Crippen molar-refractivity contribution in [3.8, 4) is 5.75 Å². The summed E-state index contributed by atoms with van der Waals surface area (Å²) in [4.78, 5) is 11.1. The van der Waals surface area contributed by atoms with Crippen LogP contribution in [0.3, 0.4) is 0 Å². The highest BCUT2D eigenvalue weighted by molar-refractivity contribution is 5.87. The molecule has 4 N–H and O–H groups in total. The van der Waals surface area contributed by atoms with E-state index in [-0.39, 0.29) is 24.7 Å². The Morgan fingerprint density at radius 2 is 2.25 bits per heavy atom. The molecular weight excluding hydrogens is 212 g/mol. The van der Waals surface area contributed by atoms with Crippen molar-refractivity contribution in [1.82, 2.24) is 0 Å². The van der Waals surface area contributed by atoms with E-state index >= 15 is 0 Å². The van der Waals surface area contributed by atoms with Crippen molar-refractivity contribution in [3.05, 3.63) is 18.2 Å². The second-order valence-electron chi connectivity index (χ2n) is 2.97. The van der Waals surface area contributed by atoms with Gasteiger partial charge < -0.3 is 20.3 Å². The molecule has 0 saturated heterocycles. The summed E-state index contributed by atoms with van der Waals surface area (Å²) in [6.45, 7) is -0.320. The van der Waals surface area contributed by atoms with Crippen molar-refractivity contribution < 1.29 is 19.7 Å². The number of aliphatic hydroxyl groups excluding tert-OH is 1. The molecule has 16 heavy (non-hydrogen) atoms. The van der Waals surface area contributed by atoms with Crippen LogP contribution in [0.25, 0.3) is 0 Å². The molecule has 6 heteroatoms. The number of hydrogen-bond acceptors (Lipinski definition) is 5. The Morgan fingerprint density at radius 3 is 2.81 bits per heavy atom. The van der Waals surface area contributed by atoms with Crippen LogP contribution in [0.1, 0.15) is 0 Å². The van der Waals surface area contributed by atoms with E-state index in [4.69, 9.17) is 5.11 Å². The first-order valence-electron chi connectivity index (χ1n) is 4.72. The number of ether oxygens (including phenoxy) is 1. The molecule has 0 atom stereocenters. The van der Waals surface area contributed by atoms with Crippen molar-refractivity contribution in [2.45, 2.75) is 0 Å². The standard InChI is InChI=1S/C10H14N2O4/c1-11-7-2-3-8(9(14)6-7)12-10(15)16-5-4-13/h2-3,6,11,13-14H,4-5H2,1H3,(H,12,15). The van der Waals surface area contributed by atoms with Crippen molar-refractivity contribution in [2.24, 2.45) is 0 Å². The van der Waals surface area contributed by atoms with Gasteiger partial charge in [0.05, 0.1) is 12.3 Å². The summed E-state index contributed by atoms with van der Waals surface area (Å²) in [6, 6.07) is 4.71. The Balaban J connectivity index is 2.63. The number of aromatic hydroxyl groups is 1. The minimum absolute atomic E-state index is 0.0622. The normalized spacial score (nSPS) is 9.62. The Morgan fingerprint density at radius 1 is 1.50 bits per heavy atom. The van der Waals surface area contributed by atoms with Gasteiger partial charge in [-0.25, -0.2) is 4.79 Å². The predicted octanol–water partition coefficient (Wildman–Crippen LogP) is 0.975. The summed E-state index contributed by atoms with van der Waals surface area (Å²) >= 11 is 0. The third kappa shape index (κ3) is 3.32. The van der Waals surface area contributed by atoms with Gasteiger partial charge in [-0.05, 0) is 12.1 Å². The molecule has 0 aliphatic carbocycles. The number of hydrogen-bond donors (Lipinski definition) is 4. The molecule has 0 heterocycles. The summed E-state index contributed by atoms with van der Waals surface area (Å²) in [7, 11) is 1.72. The molecule has 0 spiro atoms. The van der Waals surface area contributed by atoms with Crippen molar-refractivity contribution in [1.29, 1.82) is 0 Å². The van der Waals surface area contributed by atoms with Crippen LogP contribution in [0, 0.1) is 0 Å². The second kappa shape index (κ2) is 5.82. The molecule has 1 rings (SSSR count). The first-order valence-corrected chi connectivity index (χ1v) is 4.72. The summed E-state index contributed by atoms with van der Waals surface area (Å²) in [6.07, 6.45) is -0.721. The molecule has 1 aromatic carbocycles. The first-order chi connectivity index (χ1) is 7.67. The zero-order valence-corrected chi connectivity index (χ0v) is 8.86. The smallest absolute Gasteiger partial charge is 0.411 e. The number of aliphatic hydroxyl groups is 1. The number of benzene rings is 1. The van der Waals surface area contributed by atoms with Crippen LogP contribution in [0.5, 0.6) is 5.75 Å². The van der Waals surface area contributed by atoms with E-state index in [1.807, 2.05) is 0 Å². The van der Waals surface area contributed by atoms with Crippen LogP contribution in [0.2, 0.25) is 0 Å². The minimum Gasteiger partial charge on any atom is -0.506 e. The zero-order valence-electron chi connectivity index (χ0n) is 8.86. The molecule has 1 aromatic rings. The molecule has 0 aromatic heterocycles.